The zero-order chi connectivity index (χ0) is 19.8. The van der Waals surface area contributed by atoms with Crippen molar-refractivity contribution in [2.75, 3.05) is 37.0 Å². The zero-order valence-electron chi connectivity index (χ0n) is 16.6. The normalized spacial score (nSPS) is 14.2. The molecule has 0 bridgehead atoms. The van der Waals surface area contributed by atoms with Gasteiger partial charge in [0.15, 0.2) is 5.82 Å². The predicted octanol–water partition coefficient (Wildman–Crippen LogP) is 1.04. The van der Waals surface area contributed by atoms with Crippen LogP contribution in [-0.2, 0) is 6.54 Å². The molecule has 0 unspecified atom stereocenters. The Balaban J connectivity index is 1.46. The van der Waals surface area contributed by atoms with Crippen LogP contribution in [0.15, 0.2) is 35.4 Å². The van der Waals surface area contributed by atoms with E-state index in [4.69, 9.17) is 0 Å². The van der Waals surface area contributed by atoms with Crippen LogP contribution in [0.3, 0.4) is 0 Å². The quantitative estimate of drug-likeness (QED) is 0.654. The lowest BCUT2D eigenvalue weighted by molar-refractivity contribution is 0.332. The van der Waals surface area contributed by atoms with E-state index in [2.05, 4.69) is 25.1 Å². The van der Waals surface area contributed by atoms with E-state index < -0.39 is 0 Å². The molecule has 1 aliphatic heterocycles. The van der Waals surface area contributed by atoms with Crippen LogP contribution >= 0.6 is 0 Å². The van der Waals surface area contributed by atoms with Gasteiger partial charge in [0.25, 0.3) is 5.56 Å². The maximum atomic E-state index is 12.3. The summed E-state index contributed by atoms with van der Waals surface area (Å²) in [4.78, 5) is 25.0. The molecule has 1 saturated heterocycles. The molecule has 4 heterocycles. The van der Waals surface area contributed by atoms with Crippen molar-refractivity contribution in [2.45, 2.75) is 20.4 Å². The van der Waals surface area contributed by atoms with E-state index in [0.29, 0.717) is 18.3 Å². The Kier molecular flexibility index (Phi) is 4.58. The number of rotatable bonds is 5. The summed E-state index contributed by atoms with van der Waals surface area (Å²) in [6.45, 7) is 6.17. The average molecular weight is 380 g/mol. The van der Waals surface area contributed by atoms with Crippen molar-refractivity contribution in [1.82, 2.24) is 29.5 Å². The molecule has 0 aliphatic carbocycles. The Morgan fingerprint density at radius 1 is 1.07 bits per heavy atom. The lowest BCUT2D eigenvalue weighted by atomic mass is 10.0. The van der Waals surface area contributed by atoms with E-state index in [1.165, 1.54) is 0 Å². The van der Waals surface area contributed by atoms with Gasteiger partial charge >= 0.3 is 0 Å². The smallest absolute Gasteiger partial charge is 0.266 e. The Hall–Kier alpha value is -3.23. The Morgan fingerprint density at radius 3 is 2.54 bits per heavy atom. The van der Waals surface area contributed by atoms with Gasteiger partial charge in [-0.25, -0.2) is 19.3 Å². The molecule has 4 rings (SSSR count). The summed E-state index contributed by atoms with van der Waals surface area (Å²) in [7, 11) is 3.91. The largest absolute Gasteiger partial charge is 0.363 e. The molecule has 0 atom stereocenters. The van der Waals surface area contributed by atoms with Gasteiger partial charge in [0.1, 0.15) is 18.0 Å². The molecule has 0 N–H and O–H groups in total. The molecule has 146 valence electrons. The molecule has 0 amide bonds. The summed E-state index contributed by atoms with van der Waals surface area (Å²) in [6, 6.07) is 7.24. The first kappa shape index (κ1) is 18.1. The minimum Gasteiger partial charge on any atom is -0.363 e. The topological polar surface area (TPSA) is 85.0 Å². The molecule has 9 nitrogen and oxygen atoms in total. The summed E-state index contributed by atoms with van der Waals surface area (Å²) >= 11 is 0. The summed E-state index contributed by atoms with van der Waals surface area (Å²) in [5, 5.41) is 8.98. The first-order chi connectivity index (χ1) is 13.4. The molecule has 0 aromatic carbocycles. The molecule has 3 aromatic heterocycles. The van der Waals surface area contributed by atoms with Gasteiger partial charge in [-0.1, -0.05) is 0 Å². The Bertz CT molecular complexity index is 1050. The number of nitrogens with zero attached hydrogens (tertiary/aromatic N) is 8. The van der Waals surface area contributed by atoms with Gasteiger partial charge in [0, 0.05) is 50.9 Å². The highest BCUT2D eigenvalue weighted by Gasteiger charge is 2.29. The Morgan fingerprint density at radius 2 is 1.86 bits per heavy atom. The fourth-order valence-corrected chi connectivity index (χ4v) is 3.41. The number of hydrogen-bond acceptors (Lipinski definition) is 7. The van der Waals surface area contributed by atoms with Crippen molar-refractivity contribution in [3.05, 3.63) is 52.3 Å². The van der Waals surface area contributed by atoms with Crippen LogP contribution in [0, 0.1) is 19.8 Å². The molecule has 9 heteroatoms. The van der Waals surface area contributed by atoms with Crippen molar-refractivity contribution < 1.29 is 0 Å². The second kappa shape index (κ2) is 7.06. The molecule has 28 heavy (non-hydrogen) atoms. The summed E-state index contributed by atoms with van der Waals surface area (Å²) in [5.41, 5.74) is 1.82. The first-order valence-electron chi connectivity index (χ1n) is 9.27. The van der Waals surface area contributed by atoms with Crippen LogP contribution in [0.4, 0.5) is 11.6 Å². The molecular formula is C19H24N8O. The molecule has 0 saturated carbocycles. The second-order valence-corrected chi connectivity index (χ2v) is 7.45. The summed E-state index contributed by atoms with van der Waals surface area (Å²) in [5.74, 6) is 2.79. The fraction of sp³-hybridized carbons (Fsp3) is 0.421. The van der Waals surface area contributed by atoms with Gasteiger partial charge in [-0.15, -0.1) is 5.10 Å². The first-order valence-corrected chi connectivity index (χ1v) is 9.27. The lowest BCUT2D eigenvalue weighted by Gasteiger charge is -2.40. The maximum Gasteiger partial charge on any atom is 0.266 e. The van der Waals surface area contributed by atoms with Crippen molar-refractivity contribution in [3.63, 3.8) is 0 Å². The molecular weight excluding hydrogens is 356 g/mol. The third-order valence-corrected chi connectivity index (χ3v) is 4.89. The van der Waals surface area contributed by atoms with Gasteiger partial charge in [-0.05, 0) is 26.0 Å². The van der Waals surface area contributed by atoms with Gasteiger partial charge in [-0.2, -0.15) is 5.10 Å². The number of anilines is 2. The zero-order valence-corrected chi connectivity index (χ0v) is 16.6. The van der Waals surface area contributed by atoms with Crippen molar-refractivity contribution in [3.8, 4) is 5.82 Å². The van der Waals surface area contributed by atoms with Crippen molar-refractivity contribution >= 4 is 11.6 Å². The molecule has 0 spiro atoms. The van der Waals surface area contributed by atoms with Crippen molar-refractivity contribution in [2.24, 2.45) is 5.92 Å². The van der Waals surface area contributed by atoms with Gasteiger partial charge in [-0.3, -0.25) is 4.79 Å². The predicted molar refractivity (Wildman–Crippen MR) is 107 cm³/mol. The SMILES string of the molecule is Cc1cc(C)n(-c2ccc(=O)n(CC3CN(c4cc(N(C)C)ncn4)C3)n2)n1. The number of aryl methyl sites for hydroxylation is 2. The molecule has 0 radical (unpaired) electrons. The van der Waals surface area contributed by atoms with E-state index >= 15 is 0 Å². The van der Waals surface area contributed by atoms with Crippen LogP contribution in [-0.4, -0.2) is 56.7 Å². The third kappa shape index (κ3) is 3.47. The number of aromatic nitrogens is 6. The van der Waals surface area contributed by atoms with Gasteiger partial charge < -0.3 is 9.80 Å². The van der Waals surface area contributed by atoms with E-state index in [0.717, 1.165) is 36.1 Å². The lowest BCUT2D eigenvalue weighted by Crippen LogP contribution is -2.50. The van der Waals surface area contributed by atoms with E-state index in [-0.39, 0.29) is 5.56 Å². The highest BCUT2D eigenvalue weighted by molar-refractivity contribution is 5.50. The van der Waals surface area contributed by atoms with Crippen LogP contribution in [0.1, 0.15) is 11.4 Å². The van der Waals surface area contributed by atoms with Crippen LogP contribution < -0.4 is 15.4 Å². The molecule has 1 aliphatic rings. The minimum absolute atomic E-state index is 0.0966. The van der Waals surface area contributed by atoms with Gasteiger partial charge in [0.05, 0.1) is 12.2 Å². The second-order valence-electron chi connectivity index (χ2n) is 7.45. The maximum absolute atomic E-state index is 12.3. The average Bonchev–Trinajstić information content (AvgIpc) is 2.97. The van der Waals surface area contributed by atoms with E-state index in [9.17, 15) is 4.79 Å². The van der Waals surface area contributed by atoms with Crippen LogP contribution in [0.2, 0.25) is 0 Å². The van der Waals surface area contributed by atoms with Gasteiger partial charge in [0.2, 0.25) is 0 Å². The minimum atomic E-state index is -0.0966. The standard InChI is InChI=1S/C19H24N8O/c1-13-7-14(2)27(22-13)16-5-6-19(28)26(23-16)11-15-9-25(10-15)18-8-17(24(3)4)20-12-21-18/h5-8,12,15H,9-11H2,1-4H3. The summed E-state index contributed by atoms with van der Waals surface area (Å²) in [6.07, 6.45) is 1.59. The van der Waals surface area contributed by atoms with Crippen LogP contribution in [0.25, 0.3) is 5.82 Å². The van der Waals surface area contributed by atoms with Crippen molar-refractivity contribution in [1.29, 1.82) is 0 Å². The highest BCUT2D eigenvalue weighted by Crippen LogP contribution is 2.25. The fourth-order valence-electron chi connectivity index (χ4n) is 3.41. The third-order valence-electron chi connectivity index (χ3n) is 4.89. The monoisotopic (exact) mass is 380 g/mol. The van der Waals surface area contributed by atoms with E-state index in [1.54, 1.807) is 27.8 Å². The molecule has 3 aromatic rings. The van der Waals surface area contributed by atoms with E-state index in [1.807, 2.05) is 45.0 Å². The summed E-state index contributed by atoms with van der Waals surface area (Å²) < 4.78 is 3.31. The Labute approximate surface area is 163 Å². The number of hydrogen-bond donors (Lipinski definition) is 0. The highest BCUT2D eigenvalue weighted by atomic mass is 16.1. The molecule has 1 fully saturated rings. The van der Waals surface area contributed by atoms with Crippen LogP contribution in [0.5, 0.6) is 0 Å².